The molecule has 0 aromatic heterocycles. The van der Waals surface area contributed by atoms with E-state index in [2.05, 4.69) is 46.8 Å². The molecule has 0 aromatic rings. The molecule has 0 fully saturated rings. The van der Waals surface area contributed by atoms with Gasteiger partial charge in [-0.2, -0.15) is 0 Å². The van der Waals surface area contributed by atoms with Gasteiger partial charge >= 0.3 is 0 Å². The molecular weight excluding hydrogens is 206 g/mol. The fourth-order valence-electron chi connectivity index (χ4n) is 2.62. The van der Waals surface area contributed by atoms with E-state index in [0.717, 1.165) is 12.8 Å². The van der Waals surface area contributed by atoms with Crippen molar-refractivity contribution < 1.29 is 0 Å². The highest BCUT2D eigenvalue weighted by molar-refractivity contribution is 5.12. The van der Waals surface area contributed by atoms with E-state index in [1.54, 1.807) is 5.57 Å². The Morgan fingerprint density at radius 3 is 1.94 bits per heavy atom. The summed E-state index contributed by atoms with van der Waals surface area (Å²) in [7, 11) is 0. The first kappa shape index (κ1) is 16.4. The zero-order valence-electron chi connectivity index (χ0n) is 12.5. The number of allylic oxidation sites excluding steroid dienone is 3. The predicted octanol–water partition coefficient (Wildman–Crippen LogP) is 4.83. The van der Waals surface area contributed by atoms with Gasteiger partial charge in [0.15, 0.2) is 0 Å². The summed E-state index contributed by atoms with van der Waals surface area (Å²) >= 11 is 0. The van der Waals surface area contributed by atoms with Crippen molar-refractivity contribution in [2.45, 2.75) is 66.7 Å². The third kappa shape index (κ3) is 5.08. The summed E-state index contributed by atoms with van der Waals surface area (Å²) in [6.45, 7) is 12.1. The van der Waals surface area contributed by atoms with Crippen LogP contribution in [0.4, 0.5) is 0 Å². The molecule has 0 radical (unpaired) electrons. The van der Waals surface area contributed by atoms with Gasteiger partial charge in [0.05, 0.1) is 0 Å². The summed E-state index contributed by atoms with van der Waals surface area (Å²) in [6.07, 6.45) is 10.6. The molecule has 0 saturated carbocycles. The van der Waals surface area contributed by atoms with Crippen LogP contribution in [0.1, 0.15) is 66.7 Å². The Labute approximate surface area is 108 Å². The molecule has 0 atom stereocenters. The third-order valence-electron chi connectivity index (χ3n) is 4.32. The van der Waals surface area contributed by atoms with Crippen LogP contribution in [0.25, 0.3) is 0 Å². The smallest absolute Gasteiger partial charge is 0.0109 e. The first-order valence-corrected chi connectivity index (χ1v) is 7.09. The molecule has 0 spiro atoms. The van der Waals surface area contributed by atoms with E-state index in [1.165, 1.54) is 24.8 Å². The normalized spacial score (nSPS) is 14.2. The van der Waals surface area contributed by atoms with Crippen LogP contribution < -0.4 is 5.73 Å². The molecule has 0 aromatic carbocycles. The van der Waals surface area contributed by atoms with Crippen molar-refractivity contribution in [1.29, 1.82) is 0 Å². The maximum Gasteiger partial charge on any atom is 0.0109 e. The second-order valence-electron chi connectivity index (χ2n) is 5.05. The summed E-state index contributed by atoms with van der Waals surface area (Å²) in [4.78, 5) is 0. The average molecular weight is 237 g/mol. The quantitative estimate of drug-likeness (QED) is 0.601. The van der Waals surface area contributed by atoms with Crippen molar-refractivity contribution in [1.82, 2.24) is 0 Å². The molecule has 0 aliphatic rings. The van der Waals surface area contributed by atoms with Crippen LogP contribution in [0, 0.1) is 5.41 Å². The van der Waals surface area contributed by atoms with E-state index >= 15 is 0 Å². The second-order valence-corrected chi connectivity index (χ2v) is 5.05. The van der Waals surface area contributed by atoms with E-state index < -0.39 is 0 Å². The molecule has 0 rings (SSSR count). The van der Waals surface area contributed by atoms with E-state index in [9.17, 15) is 0 Å². The molecule has 100 valence electrons. The Morgan fingerprint density at radius 2 is 1.53 bits per heavy atom. The summed E-state index contributed by atoms with van der Waals surface area (Å²) in [5.41, 5.74) is 8.92. The maximum absolute atomic E-state index is 5.50. The lowest BCUT2D eigenvalue weighted by Gasteiger charge is -2.32. The lowest BCUT2D eigenvalue weighted by atomic mass is 9.73. The minimum Gasteiger partial charge on any atom is -0.327 e. The van der Waals surface area contributed by atoms with Crippen molar-refractivity contribution >= 4 is 0 Å². The molecule has 0 aliphatic carbocycles. The summed E-state index contributed by atoms with van der Waals surface area (Å²) in [5.74, 6) is 0. The van der Waals surface area contributed by atoms with Crippen LogP contribution in [0.15, 0.2) is 23.3 Å². The zero-order valence-corrected chi connectivity index (χ0v) is 12.5. The Balaban J connectivity index is 4.47. The predicted molar refractivity (Wildman–Crippen MR) is 79.1 cm³/mol. The Hall–Kier alpha value is -0.560. The van der Waals surface area contributed by atoms with Crippen LogP contribution >= 0.6 is 0 Å². The number of hydrogen-bond donors (Lipinski definition) is 1. The first-order valence-electron chi connectivity index (χ1n) is 7.09. The molecule has 0 aliphatic heterocycles. The Kier molecular flexibility index (Phi) is 8.24. The van der Waals surface area contributed by atoms with E-state index in [1.807, 2.05) is 0 Å². The van der Waals surface area contributed by atoms with Gasteiger partial charge in [0.1, 0.15) is 0 Å². The van der Waals surface area contributed by atoms with Crippen molar-refractivity contribution in [3.63, 3.8) is 0 Å². The van der Waals surface area contributed by atoms with Gasteiger partial charge in [-0.05, 0) is 51.4 Å². The zero-order chi connectivity index (χ0) is 13.3. The fraction of sp³-hybridized carbons (Fsp3) is 0.750. The van der Waals surface area contributed by atoms with Crippen LogP contribution in [-0.2, 0) is 0 Å². The van der Waals surface area contributed by atoms with Gasteiger partial charge in [-0.25, -0.2) is 0 Å². The summed E-state index contributed by atoms with van der Waals surface area (Å²) < 4.78 is 0. The third-order valence-corrected chi connectivity index (χ3v) is 4.32. The Bertz CT molecular complexity index is 248. The standard InChI is InChI=1S/C16H31N/c1-6-16(7-2,8-3)15(5)11-9-10-14(4)12-13-17/h11-12H,6-10,13,17H2,1-5H3. The molecule has 1 heteroatoms. The number of hydrogen-bond acceptors (Lipinski definition) is 1. The van der Waals surface area contributed by atoms with Gasteiger partial charge in [0.25, 0.3) is 0 Å². The number of rotatable bonds is 8. The minimum absolute atomic E-state index is 0.436. The molecule has 0 saturated heterocycles. The van der Waals surface area contributed by atoms with Gasteiger partial charge in [-0.1, -0.05) is 44.1 Å². The van der Waals surface area contributed by atoms with Crippen molar-refractivity contribution in [3.8, 4) is 0 Å². The lowest BCUT2D eigenvalue weighted by molar-refractivity contribution is 0.313. The van der Waals surface area contributed by atoms with Gasteiger partial charge in [0, 0.05) is 6.54 Å². The topological polar surface area (TPSA) is 26.0 Å². The van der Waals surface area contributed by atoms with Gasteiger partial charge < -0.3 is 5.73 Å². The molecule has 1 nitrogen and oxygen atoms in total. The van der Waals surface area contributed by atoms with Crippen molar-refractivity contribution in [2.24, 2.45) is 11.1 Å². The van der Waals surface area contributed by atoms with Crippen LogP contribution in [-0.4, -0.2) is 6.54 Å². The Morgan fingerprint density at radius 1 is 1.00 bits per heavy atom. The number of nitrogens with two attached hydrogens (primary N) is 1. The molecule has 2 N–H and O–H groups in total. The second kappa shape index (κ2) is 8.52. The van der Waals surface area contributed by atoms with Crippen LogP contribution in [0.2, 0.25) is 0 Å². The highest BCUT2D eigenvalue weighted by Gasteiger charge is 2.25. The minimum atomic E-state index is 0.436. The molecule has 0 bridgehead atoms. The molecule has 0 heterocycles. The van der Waals surface area contributed by atoms with Gasteiger partial charge in [0.2, 0.25) is 0 Å². The van der Waals surface area contributed by atoms with Crippen molar-refractivity contribution in [3.05, 3.63) is 23.3 Å². The van der Waals surface area contributed by atoms with Gasteiger partial charge in [-0.3, -0.25) is 0 Å². The van der Waals surface area contributed by atoms with E-state index in [4.69, 9.17) is 5.73 Å². The monoisotopic (exact) mass is 237 g/mol. The lowest BCUT2D eigenvalue weighted by Crippen LogP contribution is -2.19. The van der Waals surface area contributed by atoms with Crippen LogP contribution in [0.3, 0.4) is 0 Å². The highest BCUT2D eigenvalue weighted by Crippen LogP contribution is 2.38. The molecule has 0 amide bonds. The fourth-order valence-corrected chi connectivity index (χ4v) is 2.62. The molecule has 17 heavy (non-hydrogen) atoms. The van der Waals surface area contributed by atoms with E-state index in [-0.39, 0.29) is 0 Å². The average Bonchev–Trinajstić information content (AvgIpc) is 2.32. The highest BCUT2D eigenvalue weighted by atomic mass is 14.5. The SMILES string of the molecule is CCC(CC)(CC)C(C)=CCCC(C)=CCN. The molecule has 0 unspecified atom stereocenters. The van der Waals surface area contributed by atoms with E-state index in [0.29, 0.717) is 12.0 Å². The van der Waals surface area contributed by atoms with Crippen molar-refractivity contribution in [2.75, 3.05) is 6.54 Å². The van der Waals surface area contributed by atoms with Crippen LogP contribution in [0.5, 0.6) is 0 Å². The first-order chi connectivity index (χ1) is 8.06. The van der Waals surface area contributed by atoms with Gasteiger partial charge in [-0.15, -0.1) is 0 Å². The summed E-state index contributed by atoms with van der Waals surface area (Å²) in [5, 5.41) is 0. The maximum atomic E-state index is 5.50. The summed E-state index contributed by atoms with van der Waals surface area (Å²) in [6, 6.07) is 0. The molecular formula is C16H31N. The largest absolute Gasteiger partial charge is 0.327 e.